The Balaban J connectivity index is 2.00. The van der Waals surface area contributed by atoms with Crippen LogP contribution in [0.4, 0.5) is 0 Å². The van der Waals surface area contributed by atoms with Gasteiger partial charge in [0.2, 0.25) is 5.91 Å². The van der Waals surface area contributed by atoms with Gasteiger partial charge in [0.05, 0.1) is 12.6 Å². The van der Waals surface area contributed by atoms with E-state index in [9.17, 15) is 4.79 Å². The molecule has 1 aromatic carbocycles. The van der Waals surface area contributed by atoms with Crippen LogP contribution in [-0.2, 0) is 4.79 Å². The summed E-state index contributed by atoms with van der Waals surface area (Å²) < 4.78 is 0. The lowest BCUT2D eigenvalue weighted by Crippen LogP contribution is -2.32. The fraction of sp³-hybridized carbons (Fsp3) is 0.353. The highest BCUT2D eigenvalue weighted by Gasteiger charge is 2.17. The van der Waals surface area contributed by atoms with Crippen LogP contribution >= 0.6 is 11.3 Å². The Morgan fingerprint density at radius 3 is 2.64 bits per heavy atom. The summed E-state index contributed by atoms with van der Waals surface area (Å²) in [6.07, 6.45) is 0.422. The molecule has 0 bridgehead atoms. The molecule has 0 spiro atoms. The quantitative estimate of drug-likeness (QED) is 0.785. The molecule has 0 radical (unpaired) electrons. The summed E-state index contributed by atoms with van der Waals surface area (Å²) in [6.45, 7) is 1.33. The van der Waals surface area contributed by atoms with Crippen molar-refractivity contribution in [2.75, 3.05) is 26.7 Å². The SMILES string of the molecule is CN(CCO)CCC(=O)NC(c1ccccc1)c1cccs1. The van der Waals surface area contributed by atoms with E-state index in [-0.39, 0.29) is 18.6 Å². The molecule has 1 atom stereocenters. The summed E-state index contributed by atoms with van der Waals surface area (Å²) in [5, 5.41) is 14.0. The average Bonchev–Trinajstić information content (AvgIpc) is 3.06. The maximum Gasteiger partial charge on any atom is 0.222 e. The molecule has 0 aliphatic rings. The summed E-state index contributed by atoms with van der Waals surface area (Å²) in [5.41, 5.74) is 1.09. The standard InChI is InChI=1S/C17H22N2O2S/c1-19(11-12-20)10-9-16(21)18-17(15-8-5-13-22-15)14-6-3-2-4-7-14/h2-8,13,17,20H,9-12H2,1H3,(H,18,21). The molecule has 2 rings (SSSR count). The molecule has 2 N–H and O–H groups in total. The van der Waals surface area contributed by atoms with Gasteiger partial charge in [-0.1, -0.05) is 36.4 Å². The number of hydrogen-bond acceptors (Lipinski definition) is 4. The molecule has 1 aromatic heterocycles. The van der Waals surface area contributed by atoms with Crippen molar-refractivity contribution in [3.8, 4) is 0 Å². The topological polar surface area (TPSA) is 52.6 Å². The minimum Gasteiger partial charge on any atom is -0.395 e. The van der Waals surface area contributed by atoms with E-state index in [0.29, 0.717) is 19.5 Å². The second-order valence-electron chi connectivity index (χ2n) is 5.20. The largest absolute Gasteiger partial charge is 0.395 e. The number of aliphatic hydroxyl groups is 1. The van der Waals surface area contributed by atoms with E-state index in [1.807, 2.05) is 59.8 Å². The molecular formula is C17H22N2O2S. The Morgan fingerprint density at radius 1 is 1.23 bits per heavy atom. The maximum absolute atomic E-state index is 12.2. The number of likely N-dealkylation sites (N-methyl/N-ethyl adjacent to an activating group) is 1. The van der Waals surface area contributed by atoms with Crippen molar-refractivity contribution in [1.29, 1.82) is 0 Å². The Labute approximate surface area is 135 Å². The lowest BCUT2D eigenvalue weighted by atomic mass is 10.1. The zero-order valence-electron chi connectivity index (χ0n) is 12.7. The number of nitrogens with zero attached hydrogens (tertiary/aromatic N) is 1. The smallest absolute Gasteiger partial charge is 0.222 e. The summed E-state index contributed by atoms with van der Waals surface area (Å²) in [7, 11) is 1.90. The average molecular weight is 318 g/mol. The van der Waals surface area contributed by atoms with Crippen LogP contribution in [0.2, 0.25) is 0 Å². The molecule has 0 aliphatic carbocycles. The lowest BCUT2D eigenvalue weighted by molar-refractivity contribution is -0.121. The first kappa shape index (κ1) is 16.7. The van der Waals surface area contributed by atoms with Gasteiger partial charge in [0.25, 0.3) is 0 Å². The molecule has 0 saturated carbocycles. The van der Waals surface area contributed by atoms with Gasteiger partial charge >= 0.3 is 0 Å². The van der Waals surface area contributed by atoms with Crippen molar-refractivity contribution < 1.29 is 9.90 Å². The monoisotopic (exact) mass is 318 g/mol. The number of hydrogen-bond donors (Lipinski definition) is 2. The van der Waals surface area contributed by atoms with Crippen LogP contribution in [0.3, 0.4) is 0 Å². The van der Waals surface area contributed by atoms with Gasteiger partial charge in [0.15, 0.2) is 0 Å². The Bertz CT molecular complexity index is 557. The molecule has 4 nitrogen and oxygen atoms in total. The van der Waals surface area contributed by atoms with Crippen LogP contribution in [-0.4, -0.2) is 42.7 Å². The fourth-order valence-electron chi connectivity index (χ4n) is 2.23. The van der Waals surface area contributed by atoms with Crippen LogP contribution in [0, 0.1) is 0 Å². The zero-order chi connectivity index (χ0) is 15.8. The van der Waals surface area contributed by atoms with E-state index in [1.165, 1.54) is 0 Å². The van der Waals surface area contributed by atoms with Crippen molar-refractivity contribution in [2.45, 2.75) is 12.5 Å². The molecule has 1 heterocycles. The van der Waals surface area contributed by atoms with Crippen LogP contribution in [0.1, 0.15) is 22.9 Å². The van der Waals surface area contributed by atoms with Crippen molar-refractivity contribution in [1.82, 2.24) is 10.2 Å². The number of aliphatic hydroxyl groups excluding tert-OH is 1. The second kappa shape index (κ2) is 8.68. The highest BCUT2D eigenvalue weighted by atomic mass is 32.1. The number of carbonyl (C=O) groups excluding carboxylic acids is 1. The molecule has 118 valence electrons. The fourth-order valence-corrected chi connectivity index (χ4v) is 3.03. The van der Waals surface area contributed by atoms with E-state index in [0.717, 1.165) is 10.4 Å². The number of rotatable bonds is 8. The number of benzene rings is 1. The van der Waals surface area contributed by atoms with Gasteiger partial charge in [-0.05, 0) is 24.1 Å². The molecule has 1 unspecified atom stereocenters. The number of thiophene rings is 1. The van der Waals surface area contributed by atoms with Crippen LogP contribution < -0.4 is 5.32 Å². The third kappa shape index (κ3) is 4.94. The van der Waals surface area contributed by atoms with Gasteiger partial charge in [-0.3, -0.25) is 4.79 Å². The van der Waals surface area contributed by atoms with Gasteiger partial charge in [0, 0.05) is 24.4 Å². The van der Waals surface area contributed by atoms with E-state index in [2.05, 4.69) is 5.32 Å². The predicted octanol–water partition coefficient (Wildman–Crippen LogP) is 2.27. The summed E-state index contributed by atoms with van der Waals surface area (Å²) in [4.78, 5) is 15.3. The van der Waals surface area contributed by atoms with Gasteiger partial charge in [-0.25, -0.2) is 0 Å². The molecule has 0 saturated heterocycles. The molecule has 5 heteroatoms. The van der Waals surface area contributed by atoms with Crippen LogP contribution in [0.15, 0.2) is 47.8 Å². The highest BCUT2D eigenvalue weighted by molar-refractivity contribution is 7.10. The van der Waals surface area contributed by atoms with Gasteiger partial charge in [0.1, 0.15) is 0 Å². The van der Waals surface area contributed by atoms with Gasteiger partial charge in [-0.15, -0.1) is 11.3 Å². The third-order valence-electron chi connectivity index (χ3n) is 3.47. The Morgan fingerprint density at radius 2 is 2.00 bits per heavy atom. The predicted molar refractivity (Wildman–Crippen MR) is 89.9 cm³/mol. The minimum atomic E-state index is -0.100. The van der Waals surface area contributed by atoms with Crippen molar-refractivity contribution >= 4 is 17.2 Å². The zero-order valence-corrected chi connectivity index (χ0v) is 13.6. The first-order chi connectivity index (χ1) is 10.7. The minimum absolute atomic E-state index is 0.0204. The maximum atomic E-state index is 12.2. The Hall–Kier alpha value is -1.69. The summed E-state index contributed by atoms with van der Waals surface area (Å²) in [5.74, 6) is 0.0204. The third-order valence-corrected chi connectivity index (χ3v) is 4.41. The number of amides is 1. The molecule has 22 heavy (non-hydrogen) atoms. The van der Waals surface area contributed by atoms with Crippen LogP contribution in [0.25, 0.3) is 0 Å². The number of carbonyl (C=O) groups is 1. The summed E-state index contributed by atoms with van der Waals surface area (Å²) >= 11 is 1.64. The van der Waals surface area contributed by atoms with Crippen LogP contribution in [0.5, 0.6) is 0 Å². The first-order valence-electron chi connectivity index (χ1n) is 7.38. The molecular weight excluding hydrogens is 296 g/mol. The van der Waals surface area contributed by atoms with Crippen molar-refractivity contribution in [3.63, 3.8) is 0 Å². The lowest BCUT2D eigenvalue weighted by Gasteiger charge is -2.19. The van der Waals surface area contributed by atoms with Gasteiger partial charge in [-0.2, -0.15) is 0 Å². The van der Waals surface area contributed by atoms with E-state index in [1.54, 1.807) is 11.3 Å². The highest BCUT2D eigenvalue weighted by Crippen LogP contribution is 2.25. The molecule has 0 aliphatic heterocycles. The first-order valence-corrected chi connectivity index (χ1v) is 8.26. The summed E-state index contributed by atoms with van der Waals surface area (Å²) in [6, 6.07) is 13.9. The van der Waals surface area contributed by atoms with E-state index < -0.39 is 0 Å². The van der Waals surface area contributed by atoms with E-state index >= 15 is 0 Å². The van der Waals surface area contributed by atoms with E-state index in [4.69, 9.17) is 5.11 Å². The Kier molecular flexibility index (Phi) is 6.58. The van der Waals surface area contributed by atoms with Gasteiger partial charge < -0.3 is 15.3 Å². The normalized spacial score (nSPS) is 12.3. The molecule has 1 amide bonds. The second-order valence-corrected chi connectivity index (χ2v) is 6.18. The molecule has 2 aromatic rings. The molecule has 0 fully saturated rings. The van der Waals surface area contributed by atoms with Crippen molar-refractivity contribution in [2.24, 2.45) is 0 Å². The van der Waals surface area contributed by atoms with Crippen molar-refractivity contribution in [3.05, 3.63) is 58.3 Å². The number of nitrogens with one attached hydrogen (secondary N) is 1.